The number of fused-ring (bicyclic) bond motifs is 6. The van der Waals surface area contributed by atoms with E-state index >= 15 is 0 Å². The Balaban J connectivity index is 1.07. The fourth-order valence-corrected chi connectivity index (χ4v) is 9.17. The van der Waals surface area contributed by atoms with Crippen LogP contribution in [0.2, 0.25) is 0 Å². The predicted octanol–water partition coefficient (Wildman–Crippen LogP) is 14.6. The summed E-state index contributed by atoms with van der Waals surface area (Å²) < 4.78 is 2.69. The molecule has 10 rings (SSSR count). The summed E-state index contributed by atoms with van der Waals surface area (Å²) >= 11 is 1.89. The Morgan fingerprint density at radius 3 is 1.77 bits per heavy atom. The largest absolute Gasteiger partial charge is 0.135 e. The van der Waals surface area contributed by atoms with E-state index in [2.05, 4.69) is 194 Å². The van der Waals surface area contributed by atoms with E-state index in [4.69, 9.17) is 0 Å². The van der Waals surface area contributed by atoms with Gasteiger partial charge in [-0.15, -0.1) is 11.3 Å². The molecule has 0 aliphatic carbocycles. The van der Waals surface area contributed by atoms with Crippen molar-refractivity contribution >= 4 is 53.1 Å². The summed E-state index contributed by atoms with van der Waals surface area (Å²) in [4.78, 5) is 0. The molecule has 0 aliphatic heterocycles. The van der Waals surface area contributed by atoms with Crippen molar-refractivity contribution < 1.29 is 0 Å². The second-order valence-electron chi connectivity index (χ2n) is 13.7. The third-order valence-electron chi connectivity index (χ3n) is 10.5. The van der Waals surface area contributed by atoms with Crippen LogP contribution in [0.3, 0.4) is 0 Å². The average Bonchev–Trinajstić information content (AvgIpc) is 3.60. The van der Waals surface area contributed by atoms with Crippen molar-refractivity contribution in [3.63, 3.8) is 0 Å². The molecule has 0 saturated heterocycles. The van der Waals surface area contributed by atoms with Crippen LogP contribution in [0.5, 0.6) is 0 Å². The lowest BCUT2D eigenvalue weighted by Gasteiger charge is -2.14. The van der Waals surface area contributed by atoms with Gasteiger partial charge in [0.1, 0.15) is 0 Å². The number of thiophene rings is 1. The van der Waals surface area contributed by atoms with E-state index in [1.165, 1.54) is 97.4 Å². The minimum Gasteiger partial charge on any atom is -0.135 e. The zero-order valence-electron chi connectivity index (χ0n) is 28.6. The molecule has 1 heteroatoms. The second kappa shape index (κ2) is 12.8. The Hall–Kier alpha value is -6.28. The highest BCUT2D eigenvalue weighted by Crippen LogP contribution is 2.41. The maximum absolute atomic E-state index is 2.38. The smallest absolute Gasteiger partial charge is 0.0433 e. The minimum atomic E-state index is 0.878. The molecule has 0 N–H and O–H groups in total. The molecule has 0 aliphatic rings. The summed E-state index contributed by atoms with van der Waals surface area (Å²) in [6.45, 7) is 0. The van der Waals surface area contributed by atoms with Gasteiger partial charge < -0.3 is 0 Å². The van der Waals surface area contributed by atoms with Gasteiger partial charge in [-0.25, -0.2) is 0 Å². The predicted molar refractivity (Wildman–Crippen MR) is 225 cm³/mol. The van der Waals surface area contributed by atoms with Crippen LogP contribution in [0.25, 0.3) is 86.2 Å². The Morgan fingerprint density at radius 1 is 0.308 bits per heavy atom. The van der Waals surface area contributed by atoms with Gasteiger partial charge in [0.15, 0.2) is 0 Å². The van der Waals surface area contributed by atoms with E-state index in [1.807, 2.05) is 11.3 Å². The fraction of sp³-hybridized carbons (Fsp3) is 0.0196. The highest BCUT2D eigenvalue weighted by Gasteiger charge is 2.13. The molecule has 0 nitrogen and oxygen atoms in total. The first-order valence-electron chi connectivity index (χ1n) is 18.0. The number of benzene rings is 9. The lowest BCUT2D eigenvalue weighted by Crippen LogP contribution is -1.92. The molecule has 10 aromatic rings. The quantitative estimate of drug-likeness (QED) is 0.154. The first kappa shape index (κ1) is 30.5. The van der Waals surface area contributed by atoms with E-state index in [0.717, 1.165) is 6.42 Å². The third-order valence-corrected chi connectivity index (χ3v) is 11.7. The van der Waals surface area contributed by atoms with Crippen LogP contribution >= 0.6 is 11.3 Å². The molecule has 0 saturated carbocycles. The summed E-state index contributed by atoms with van der Waals surface area (Å²) in [5.41, 5.74) is 12.6. The highest BCUT2D eigenvalue weighted by atomic mass is 32.1. The van der Waals surface area contributed by atoms with Crippen LogP contribution in [0.4, 0.5) is 0 Å². The van der Waals surface area contributed by atoms with Crippen LogP contribution in [0, 0.1) is 0 Å². The average molecular weight is 679 g/mol. The highest BCUT2D eigenvalue weighted by molar-refractivity contribution is 7.26. The molecule has 0 unspecified atom stereocenters. The molecule has 0 atom stereocenters. The van der Waals surface area contributed by atoms with Gasteiger partial charge in [-0.2, -0.15) is 0 Å². The van der Waals surface area contributed by atoms with Crippen LogP contribution < -0.4 is 0 Å². The van der Waals surface area contributed by atoms with E-state index < -0.39 is 0 Å². The second-order valence-corrected chi connectivity index (χ2v) is 14.8. The lowest BCUT2D eigenvalue weighted by molar-refractivity contribution is 1.19. The van der Waals surface area contributed by atoms with Gasteiger partial charge in [-0.1, -0.05) is 170 Å². The standard InChI is InChI=1S/C51H34S/c1-2-12-34(13-3-1)28-35-29-41(36-24-26-37(27-25-36)44-21-11-22-48-47-20-8-9-23-50(47)52-51(44)48)32-42(30-35)38-15-10-16-39(31-38)49-33-40-14-4-5-17-43(40)45-18-6-7-19-46(45)49/h1-27,29-33H,28H2. The molecule has 0 bridgehead atoms. The number of hydrogen-bond acceptors (Lipinski definition) is 1. The molecular formula is C51H34S. The summed E-state index contributed by atoms with van der Waals surface area (Å²) in [6.07, 6.45) is 0.878. The zero-order chi connectivity index (χ0) is 34.4. The van der Waals surface area contributed by atoms with Gasteiger partial charge in [0.25, 0.3) is 0 Å². The Labute approximate surface area is 307 Å². The van der Waals surface area contributed by atoms with Gasteiger partial charge in [-0.05, 0) is 108 Å². The van der Waals surface area contributed by atoms with Gasteiger partial charge in [-0.3, -0.25) is 0 Å². The molecule has 0 fully saturated rings. The number of rotatable bonds is 6. The van der Waals surface area contributed by atoms with E-state index in [1.54, 1.807) is 0 Å². The van der Waals surface area contributed by atoms with Crippen molar-refractivity contribution in [1.29, 1.82) is 0 Å². The van der Waals surface area contributed by atoms with E-state index in [0.29, 0.717) is 0 Å². The molecule has 0 spiro atoms. The van der Waals surface area contributed by atoms with Gasteiger partial charge in [0, 0.05) is 20.2 Å². The third kappa shape index (κ3) is 5.48. The van der Waals surface area contributed by atoms with Crippen molar-refractivity contribution in [3.05, 3.63) is 205 Å². The van der Waals surface area contributed by atoms with Crippen LogP contribution in [-0.2, 0) is 6.42 Å². The zero-order valence-corrected chi connectivity index (χ0v) is 29.4. The topological polar surface area (TPSA) is 0 Å². The van der Waals surface area contributed by atoms with Crippen molar-refractivity contribution in [2.24, 2.45) is 0 Å². The minimum absolute atomic E-state index is 0.878. The van der Waals surface area contributed by atoms with Crippen molar-refractivity contribution in [3.8, 4) is 44.5 Å². The van der Waals surface area contributed by atoms with Crippen molar-refractivity contribution in [2.45, 2.75) is 6.42 Å². The molecule has 0 radical (unpaired) electrons. The normalized spacial score (nSPS) is 11.5. The molecule has 1 aromatic heterocycles. The number of hydrogen-bond donors (Lipinski definition) is 0. The van der Waals surface area contributed by atoms with Gasteiger partial charge >= 0.3 is 0 Å². The van der Waals surface area contributed by atoms with Gasteiger partial charge in [0.2, 0.25) is 0 Å². The molecule has 52 heavy (non-hydrogen) atoms. The summed E-state index contributed by atoms with van der Waals surface area (Å²) in [5.74, 6) is 0. The fourth-order valence-electron chi connectivity index (χ4n) is 7.94. The Kier molecular flexibility index (Phi) is 7.52. The van der Waals surface area contributed by atoms with Crippen LogP contribution in [0.1, 0.15) is 11.1 Å². The van der Waals surface area contributed by atoms with Gasteiger partial charge in [0.05, 0.1) is 0 Å². The Morgan fingerprint density at radius 2 is 0.923 bits per heavy atom. The monoisotopic (exact) mass is 678 g/mol. The molecular weight excluding hydrogens is 645 g/mol. The SMILES string of the molecule is c1ccc(Cc2cc(-c3ccc(-c4cccc5c4sc4ccccc45)cc3)cc(-c3cccc(-c4cc5ccccc5c5ccccc45)c3)c2)cc1. The Bertz CT molecular complexity index is 2910. The summed E-state index contributed by atoms with van der Waals surface area (Å²) in [5, 5.41) is 7.80. The molecule has 244 valence electrons. The molecule has 1 heterocycles. The van der Waals surface area contributed by atoms with Crippen molar-refractivity contribution in [2.75, 3.05) is 0 Å². The summed E-state index contributed by atoms with van der Waals surface area (Å²) in [7, 11) is 0. The van der Waals surface area contributed by atoms with E-state index in [9.17, 15) is 0 Å². The van der Waals surface area contributed by atoms with Crippen LogP contribution in [-0.4, -0.2) is 0 Å². The summed E-state index contributed by atoms with van der Waals surface area (Å²) in [6, 6.07) is 71.5. The van der Waals surface area contributed by atoms with E-state index in [-0.39, 0.29) is 0 Å². The van der Waals surface area contributed by atoms with Crippen LogP contribution in [0.15, 0.2) is 194 Å². The molecule has 0 amide bonds. The molecule has 9 aromatic carbocycles. The van der Waals surface area contributed by atoms with Crippen molar-refractivity contribution in [1.82, 2.24) is 0 Å². The maximum atomic E-state index is 2.38. The first-order valence-corrected chi connectivity index (χ1v) is 18.8. The first-order chi connectivity index (χ1) is 25.7. The lowest BCUT2D eigenvalue weighted by atomic mass is 9.90. The maximum Gasteiger partial charge on any atom is 0.0433 e.